The van der Waals surface area contributed by atoms with Gasteiger partial charge >= 0.3 is 5.97 Å². The second-order valence-electron chi connectivity index (χ2n) is 3.74. The number of hydrogen-bond donors (Lipinski definition) is 2. The van der Waals surface area contributed by atoms with Gasteiger partial charge in [0.25, 0.3) is 10.0 Å². The highest BCUT2D eigenvalue weighted by atomic mass is 35.5. The van der Waals surface area contributed by atoms with Crippen LogP contribution >= 0.6 is 11.6 Å². The second-order valence-corrected chi connectivity index (χ2v) is 5.74. The lowest BCUT2D eigenvalue weighted by molar-refractivity contribution is 0.0690. The Bertz CT molecular complexity index is 752. The molecule has 2 aromatic heterocycles. The fourth-order valence-corrected chi connectivity index (χ4v) is 3.16. The summed E-state index contributed by atoms with van der Waals surface area (Å²) in [6, 6.07) is 3.95. The molecule has 10 heteroatoms. The number of carboxylic acids is 1. The molecule has 0 aliphatic rings. The summed E-state index contributed by atoms with van der Waals surface area (Å²) in [5.41, 5.74) is -0.277. The lowest BCUT2D eigenvalue weighted by atomic mass is 10.3. The van der Waals surface area contributed by atoms with Crippen LogP contribution in [0.25, 0.3) is 0 Å². The fourth-order valence-electron chi connectivity index (χ4n) is 1.50. The van der Waals surface area contributed by atoms with Crippen molar-refractivity contribution >= 4 is 33.4 Å². The molecular weight excluding hydrogens is 308 g/mol. The molecule has 2 N–H and O–H groups in total. The first kappa shape index (κ1) is 14.3. The van der Waals surface area contributed by atoms with Crippen LogP contribution in [0.3, 0.4) is 0 Å². The standard InChI is InChI=1S/C10H9ClN4O4S/c1-15-9(6(11)5-12-15)20(18,19)14-8-4-2-3-7(13-8)10(16)17/h2-5H,1H3,(H,13,14)(H,16,17). The fraction of sp³-hybridized carbons (Fsp3) is 0.100. The predicted molar refractivity (Wildman–Crippen MR) is 70.2 cm³/mol. The van der Waals surface area contributed by atoms with Gasteiger partial charge in [0.1, 0.15) is 5.82 Å². The van der Waals surface area contributed by atoms with E-state index in [4.69, 9.17) is 16.7 Å². The number of aromatic nitrogens is 3. The highest BCUT2D eigenvalue weighted by Gasteiger charge is 2.23. The van der Waals surface area contributed by atoms with Crippen molar-refractivity contribution < 1.29 is 18.3 Å². The van der Waals surface area contributed by atoms with E-state index < -0.39 is 16.0 Å². The number of anilines is 1. The van der Waals surface area contributed by atoms with Gasteiger partial charge in [0.15, 0.2) is 10.7 Å². The Morgan fingerprint density at radius 3 is 2.70 bits per heavy atom. The van der Waals surface area contributed by atoms with Crippen LogP contribution in [0, 0.1) is 0 Å². The van der Waals surface area contributed by atoms with Crippen LogP contribution in [0.2, 0.25) is 5.02 Å². The van der Waals surface area contributed by atoms with Crippen molar-refractivity contribution in [3.8, 4) is 0 Å². The van der Waals surface area contributed by atoms with E-state index in [0.29, 0.717) is 0 Å². The van der Waals surface area contributed by atoms with Crippen molar-refractivity contribution in [2.75, 3.05) is 4.72 Å². The molecule has 2 heterocycles. The normalized spacial score (nSPS) is 11.3. The number of nitrogens with one attached hydrogen (secondary N) is 1. The van der Waals surface area contributed by atoms with Gasteiger partial charge in [-0.3, -0.25) is 9.40 Å². The highest BCUT2D eigenvalue weighted by Crippen LogP contribution is 2.22. The molecule has 0 unspecified atom stereocenters. The summed E-state index contributed by atoms with van der Waals surface area (Å²) in [6.07, 6.45) is 1.19. The number of pyridine rings is 1. The molecular formula is C10H9ClN4O4S. The zero-order valence-electron chi connectivity index (χ0n) is 10.1. The number of sulfonamides is 1. The topological polar surface area (TPSA) is 114 Å². The molecule has 0 bridgehead atoms. The molecule has 0 radical (unpaired) electrons. The number of hydrogen-bond acceptors (Lipinski definition) is 5. The van der Waals surface area contributed by atoms with Gasteiger partial charge < -0.3 is 5.11 Å². The van der Waals surface area contributed by atoms with Crippen molar-refractivity contribution in [3.05, 3.63) is 35.1 Å². The van der Waals surface area contributed by atoms with E-state index in [1.165, 1.54) is 31.4 Å². The Labute approximate surface area is 119 Å². The van der Waals surface area contributed by atoms with Gasteiger partial charge in [-0.25, -0.2) is 9.78 Å². The summed E-state index contributed by atoms with van der Waals surface area (Å²) in [6.45, 7) is 0. The maximum Gasteiger partial charge on any atom is 0.354 e. The van der Waals surface area contributed by atoms with E-state index in [9.17, 15) is 13.2 Å². The van der Waals surface area contributed by atoms with Crippen molar-refractivity contribution in [1.29, 1.82) is 0 Å². The van der Waals surface area contributed by atoms with Crippen LogP contribution in [-0.4, -0.2) is 34.3 Å². The summed E-state index contributed by atoms with van der Waals surface area (Å²) in [7, 11) is -2.59. The number of carbonyl (C=O) groups is 1. The first-order valence-corrected chi connectivity index (χ1v) is 7.08. The Balaban J connectivity index is 2.39. The molecule has 0 amide bonds. The molecule has 0 saturated carbocycles. The largest absolute Gasteiger partial charge is 0.477 e. The summed E-state index contributed by atoms with van der Waals surface area (Å²) >= 11 is 5.76. The second kappa shape index (κ2) is 5.10. The van der Waals surface area contributed by atoms with Crippen LogP contribution in [0.1, 0.15) is 10.5 Å². The molecule has 0 spiro atoms. The van der Waals surface area contributed by atoms with Gasteiger partial charge in [-0.15, -0.1) is 0 Å². The van der Waals surface area contributed by atoms with Gasteiger partial charge in [-0.05, 0) is 12.1 Å². The molecule has 0 atom stereocenters. The summed E-state index contributed by atoms with van der Waals surface area (Å²) in [5.74, 6) is -1.38. The van der Waals surface area contributed by atoms with Crippen LogP contribution in [-0.2, 0) is 17.1 Å². The molecule has 8 nitrogen and oxygen atoms in total. The minimum Gasteiger partial charge on any atom is -0.477 e. The van der Waals surface area contributed by atoms with Crippen LogP contribution in [0.4, 0.5) is 5.82 Å². The Morgan fingerprint density at radius 2 is 2.15 bits per heavy atom. The van der Waals surface area contributed by atoms with Gasteiger partial charge in [-0.2, -0.15) is 13.5 Å². The minimum absolute atomic E-state index is 0.0469. The molecule has 0 fully saturated rings. The highest BCUT2D eigenvalue weighted by molar-refractivity contribution is 7.92. The van der Waals surface area contributed by atoms with Gasteiger partial charge in [0.2, 0.25) is 0 Å². The molecule has 2 aromatic rings. The van der Waals surface area contributed by atoms with E-state index in [0.717, 1.165) is 4.68 Å². The SMILES string of the molecule is Cn1ncc(Cl)c1S(=O)(=O)Nc1cccc(C(=O)O)n1. The Hall–Kier alpha value is -2.13. The van der Waals surface area contributed by atoms with Crippen LogP contribution in [0.15, 0.2) is 29.4 Å². The van der Waals surface area contributed by atoms with E-state index >= 15 is 0 Å². The van der Waals surface area contributed by atoms with Crippen molar-refractivity contribution in [2.24, 2.45) is 7.05 Å². The van der Waals surface area contributed by atoms with Gasteiger partial charge in [-0.1, -0.05) is 17.7 Å². The van der Waals surface area contributed by atoms with Gasteiger partial charge in [0.05, 0.1) is 11.2 Å². The lowest BCUT2D eigenvalue weighted by Crippen LogP contribution is -2.18. The lowest BCUT2D eigenvalue weighted by Gasteiger charge is -2.08. The van der Waals surface area contributed by atoms with Gasteiger partial charge in [0, 0.05) is 7.05 Å². The molecule has 2 rings (SSSR count). The maximum atomic E-state index is 12.1. The maximum absolute atomic E-state index is 12.1. The molecule has 0 aliphatic carbocycles. The van der Waals surface area contributed by atoms with E-state index in [2.05, 4.69) is 14.8 Å². The third-order valence-corrected chi connectivity index (χ3v) is 4.16. The molecule has 106 valence electrons. The van der Waals surface area contributed by atoms with E-state index in [1.807, 2.05) is 0 Å². The number of rotatable bonds is 4. The first-order chi connectivity index (χ1) is 9.31. The van der Waals surface area contributed by atoms with Crippen molar-refractivity contribution in [1.82, 2.24) is 14.8 Å². The third-order valence-electron chi connectivity index (χ3n) is 2.30. The number of halogens is 1. The quantitative estimate of drug-likeness (QED) is 0.868. The van der Waals surface area contributed by atoms with Crippen LogP contribution in [0.5, 0.6) is 0 Å². The van der Waals surface area contributed by atoms with Crippen molar-refractivity contribution in [2.45, 2.75) is 5.03 Å². The summed E-state index contributed by atoms with van der Waals surface area (Å²) in [5, 5.41) is 12.2. The smallest absolute Gasteiger partial charge is 0.354 e. The minimum atomic E-state index is -4.01. The van der Waals surface area contributed by atoms with Crippen molar-refractivity contribution in [3.63, 3.8) is 0 Å². The van der Waals surface area contributed by atoms with Crippen LogP contribution < -0.4 is 4.72 Å². The first-order valence-electron chi connectivity index (χ1n) is 5.22. The molecule has 0 aromatic carbocycles. The summed E-state index contributed by atoms with van der Waals surface area (Å²) in [4.78, 5) is 14.4. The number of nitrogens with zero attached hydrogens (tertiary/aromatic N) is 3. The van der Waals surface area contributed by atoms with E-state index in [1.54, 1.807) is 0 Å². The Morgan fingerprint density at radius 1 is 1.45 bits per heavy atom. The molecule has 0 saturated heterocycles. The summed E-state index contributed by atoms with van der Waals surface area (Å²) < 4.78 is 27.5. The zero-order valence-corrected chi connectivity index (χ0v) is 11.7. The average Bonchev–Trinajstić information content (AvgIpc) is 2.69. The van der Waals surface area contributed by atoms with E-state index in [-0.39, 0.29) is 21.6 Å². The molecule has 0 aliphatic heterocycles. The zero-order chi connectivity index (χ0) is 14.9. The average molecular weight is 317 g/mol. The number of aromatic carboxylic acids is 1. The molecule has 20 heavy (non-hydrogen) atoms. The number of carboxylic acid groups (broad SMARTS) is 1. The Kier molecular flexibility index (Phi) is 3.64. The number of aryl methyl sites for hydroxylation is 1. The predicted octanol–water partition coefficient (Wildman–Crippen LogP) is 0.967. The third kappa shape index (κ3) is 2.73. The monoisotopic (exact) mass is 316 g/mol.